The molecule has 11 heteroatoms. The highest BCUT2D eigenvalue weighted by Crippen LogP contribution is 2.33. The van der Waals surface area contributed by atoms with Crippen LogP contribution in [0.2, 0.25) is 0 Å². The lowest BCUT2D eigenvalue weighted by Gasteiger charge is -2.11. The molecule has 4 aromatic rings. The maximum absolute atomic E-state index is 13.4. The molecule has 0 bridgehead atoms. The van der Waals surface area contributed by atoms with Crippen LogP contribution in [0.4, 0.5) is 13.2 Å². The van der Waals surface area contributed by atoms with Crippen molar-refractivity contribution in [3.05, 3.63) is 84.1 Å². The van der Waals surface area contributed by atoms with E-state index in [1.807, 2.05) is 0 Å². The van der Waals surface area contributed by atoms with E-state index in [0.29, 0.717) is 22.2 Å². The van der Waals surface area contributed by atoms with E-state index in [0.717, 1.165) is 16.1 Å². The second-order valence-corrected chi connectivity index (χ2v) is 9.64. The first-order valence-corrected chi connectivity index (χ1v) is 12.0. The van der Waals surface area contributed by atoms with Gasteiger partial charge >= 0.3 is 12.1 Å². The average Bonchev–Trinajstić information content (AvgIpc) is 3.21. The van der Waals surface area contributed by atoms with Crippen molar-refractivity contribution >= 4 is 26.9 Å². The number of fused-ring (bicyclic) bond motifs is 1. The predicted octanol–water partition coefficient (Wildman–Crippen LogP) is 5.72. The summed E-state index contributed by atoms with van der Waals surface area (Å²) < 4.78 is 76.9. The predicted molar refractivity (Wildman–Crippen MR) is 125 cm³/mol. The number of carbonyl (C=O) groups is 1. The molecule has 7 nitrogen and oxygen atoms in total. The number of rotatable bonds is 8. The van der Waals surface area contributed by atoms with E-state index in [9.17, 15) is 26.4 Å². The van der Waals surface area contributed by atoms with E-state index >= 15 is 0 Å². The Morgan fingerprint density at radius 1 is 0.944 bits per heavy atom. The first-order chi connectivity index (χ1) is 17.0. The number of carboxylic acids is 1. The Kier molecular flexibility index (Phi) is 6.68. The summed E-state index contributed by atoms with van der Waals surface area (Å²) in [6.07, 6.45) is -3.11. The van der Waals surface area contributed by atoms with Gasteiger partial charge < -0.3 is 14.6 Å². The number of benzene rings is 3. The molecule has 188 valence electrons. The molecule has 0 fully saturated rings. The van der Waals surface area contributed by atoms with Gasteiger partial charge in [0.2, 0.25) is 0 Å². The minimum absolute atomic E-state index is 0.0558. The van der Waals surface area contributed by atoms with Crippen LogP contribution < -0.4 is 9.47 Å². The van der Waals surface area contributed by atoms with Crippen molar-refractivity contribution in [2.45, 2.75) is 23.9 Å². The van der Waals surface area contributed by atoms with Crippen LogP contribution in [0.15, 0.2) is 77.8 Å². The van der Waals surface area contributed by atoms with Gasteiger partial charge in [-0.3, -0.25) is 4.79 Å². The molecule has 0 saturated carbocycles. The van der Waals surface area contributed by atoms with Crippen LogP contribution in [0.1, 0.15) is 17.5 Å². The lowest BCUT2D eigenvalue weighted by Crippen LogP contribution is -2.11. The van der Waals surface area contributed by atoms with E-state index in [2.05, 4.69) is 0 Å². The van der Waals surface area contributed by atoms with Gasteiger partial charge in [-0.25, -0.2) is 12.4 Å². The van der Waals surface area contributed by atoms with Crippen molar-refractivity contribution in [1.82, 2.24) is 3.97 Å². The highest BCUT2D eigenvalue weighted by atomic mass is 32.2. The minimum Gasteiger partial charge on any atom is -0.497 e. The van der Waals surface area contributed by atoms with E-state index < -0.39 is 27.7 Å². The first-order valence-electron chi connectivity index (χ1n) is 10.6. The van der Waals surface area contributed by atoms with Gasteiger partial charge in [0, 0.05) is 18.0 Å². The van der Waals surface area contributed by atoms with E-state index in [4.69, 9.17) is 14.6 Å². The summed E-state index contributed by atoms with van der Waals surface area (Å²) in [6.45, 7) is 0. The molecule has 1 N–H and O–H groups in total. The van der Waals surface area contributed by atoms with Crippen molar-refractivity contribution in [1.29, 1.82) is 0 Å². The number of ether oxygens (including phenoxy) is 2. The number of hydrogen-bond acceptors (Lipinski definition) is 5. The number of aromatic nitrogens is 1. The summed E-state index contributed by atoms with van der Waals surface area (Å²) in [5, 5.41) is 9.62. The molecule has 4 rings (SSSR count). The molecular weight excluding hydrogens is 499 g/mol. The van der Waals surface area contributed by atoms with Gasteiger partial charge in [-0.15, -0.1) is 0 Å². The Balaban J connectivity index is 1.63. The zero-order valence-electron chi connectivity index (χ0n) is 18.8. The normalized spacial score (nSPS) is 12.0. The van der Waals surface area contributed by atoms with Crippen molar-refractivity contribution in [3.63, 3.8) is 0 Å². The van der Waals surface area contributed by atoms with E-state index in [1.165, 1.54) is 49.7 Å². The molecule has 1 aromatic heterocycles. The lowest BCUT2D eigenvalue weighted by molar-refractivity contribution is -0.138. The summed E-state index contributed by atoms with van der Waals surface area (Å²) in [7, 11) is -2.59. The monoisotopic (exact) mass is 519 g/mol. The summed E-state index contributed by atoms with van der Waals surface area (Å²) in [5.41, 5.74) is 0.0917. The van der Waals surface area contributed by atoms with Crippen LogP contribution in [0, 0.1) is 0 Å². The molecule has 0 aliphatic carbocycles. The summed E-state index contributed by atoms with van der Waals surface area (Å²) >= 11 is 0. The second kappa shape index (κ2) is 9.57. The number of aliphatic carboxylic acids is 1. The molecule has 0 unspecified atom stereocenters. The number of alkyl halides is 3. The Morgan fingerprint density at radius 2 is 1.53 bits per heavy atom. The fourth-order valence-electron chi connectivity index (χ4n) is 3.65. The molecule has 0 atom stereocenters. The molecule has 0 spiro atoms. The zero-order chi connectivity index (χ0) is 26.1. The standard InChI is InChI=1S/C25H20F3NO6S/c1-34-20-9-12-23-22(14-20)16(2-13-24(30)31)15-29(23)36(32,33)21-10-7-19(8-11-21)35-18-5-3-17(4-6-18)25(26,27)28/h3-12,14-15H,2,13H2,1H3,(H,30,31). The maximum atomic E-state index is 13.4. The van der Waals surface area contributed by atoms with E-state index in [-0.39, 0.29) is 29.2 Å². The Bertz CT molecular complexity index is 1510. The van der Waals surface area contributed by atoms with Crippen molar-refractivity contribution in [2.75, 3.05) is 7.11 Å². The van der Waals surface area contributed by atoms with Crippen LogP contribution >= 0.6 is 0 Å². The summed E-state index contributed by atoms with van der Waals surface area (Å²) in [5.74, 6) is -0.116. The van der Waals surface area contributed by atoms with Crippen LogP contribution in [0.3, 0.4) is 0 Å². The third-order valence-electron chi connectivity index (χ3n) is 5.47. The minimum atomic E-state index is -4.46. The third-order valence-corrected chi connectivity index (χ3v) is 7.15. The molecule has 0 aliphatic heterocycles. The number of nitrogens with zero attached hydrogens (tertiary/aromatic N) is 1. The third kappa shape index (κ3) is 5.15. The molecule has 1 heterocycles. The number of hydrogen-bond donors (Lipinski definition) is 1. The SMILES string of the molecule is COc1ccc2c(c1)c(CCC(=O)O)cn2S(=O)(=O)c1ccc(Oc2ccc(C(F)(F)F)cc2)cc1. The molecule has 0 amide bonds. The molecule has 0 radical (unpaired) electrons. The maximum Gasteiger partial charge on any atom is 0.416 e. The molecule has 0 aliphatic rings. The van der Waals surface area contributed by atoms with Gasteiger partial charge in [0.1, 0.15) is 17.2 Å². The Labute approximate surface area is 204 Å². The lowest BCUT2D eigenvalue weighted by atomic mass is 10.1. The molecular formula is C25H20F3NO6S. The molecule has 0 saturated heterocycles. The van der Waals surface area contributed by atoms with Gasteiger partial charge in [0.15, 0.2) is 0 Å². The topological polar surface area (TPSA) is 94.8 Å². The first kappa shape index (κ1) is 25.1. The van der Waals surface area contributed by atoms with Crippen molar-refractivity contribution < 1.29 is 41.0 Å². The Morgan fingerprint density at radius 3 is 2.08 bits per heavy atom. The smallest absolute Gasteiger partial charge is 0.416 e. The van der Waals surface area contributed by atoms with Crippen LogP contribution in [0.5, 0.6) is 17.2 Å². The van der Waals surface area contributed by atoms with Crippen molar-refractivity contribution in [2.24, 2.45) is 0 Å². The molecule has 3 aromatic carbocycles. The van der Waals surface area contributed by atoms with Gasteiger partial charge in [-0.1, -0.05) is 0 Å². The quantitative estimate of drug-likeness (QED) is 0.320. The number of carboxylic acid groups (broad SMARTS) is 1. The fourth-order valence-corrected chi connectivity index (χ4v) is 5.04. The van der Waals surface area contributed by atoms with Gasteiger partial charge in [-0.05, 0) is 78.7 Å². The highest BCUT2D eigenvalue weighted by Gasteiger charge is 2.30. The largest absolute Gasteiger partial charge is 0.497 e. The highest BCUT2D eigenvalue weighted by molar-refractivity contribution is 7.90. The number of methoxy groups -OCH3 is 1. The zero-order valence-corrected chi connectivity index (χ0v) is 19.6. The molecule has 36 heavy (non-hydrogen) atoms. The van der Waals surface area contributed by atoms with E-state index in [1.54, 1.807) is 18.2 Å². The van der Waals surface area contributed by atoms with Crippen LogP contribution in [-0.4, -0.2) is 30.6 Å². The van der Waals surface area contributed by atoms with Gasteiger partial charge in [0.25, 0.3) is 10.0 Å². The Hall–Kier alpha value is -3.99. The summed E-state index contributed by atoms with van der Waals surface area (Å²) in [4.78, 5) is 11.0. The average molecular weight is 519 g/mol. The second-order valence-electron chi connectivity index (χ2n) is 7.83. The fraction of sp³-hybridized carbons (Fsp3) is 0.160. The van der Waals surface area contributed by atoms with Crippen LogP contribution in [0.25, 0.3) is 10.9 Å². The summed E-state index contributed by atoms with van der Waals surface area (Å²) in [6, 6.07) is 14.4. The number of halogens is 3. The van der Waals surface area contributed by atoms with Gasteiger partial charge in [-0.2, -0.15) is 13.2 Å². The van der Waals surface area contributed by atoms with Crippen LogP contribution in [-0.2, 0) is 27.4 Å². The number of aryl methyl sites for hydroxylation is 1. The van der Waals surface area contributed by atoms with Crippen molar-refractivity contribution in [3.8, 4) is 17.2 Å². The van der Waals surface area contributed by atoms with Gasteiger partial charge in [0.05, 0.1) is 23.1 Å².